The van der Waals surface area contributed by atoms with Crippen LogP contribution in [0.3, 0.4) is 0 Å². The third kappa shape index (κ3) is 7.41. The molecule has 4 rings (SSSR count). The van der Waals surface area contributed by atoms with Crippen molar-refractivity contribution in [2.45, 2.75) is 73.0 Å². The van der Waals surface area contributed by atoms with Crippen LogP contribution in [-0.2, 0) is 41.7 Å². The van der Waals surface area contributed by atoms with Crippen molar-refractivity contribution < 1.29 is 37.8 Å². The number of carbonyl (C=O) groups is 4. The van der Waals surface area contributed by atoms with Crippen LogP contribution in [0.25, 0.3) is 0 Å². The van der Waals surface area contributed by atoms with Gasteiger partial charge in [-0.2, -0.15) is 4.72 Å². The van der Waals surface area contributed by atoms with Gasteiger partial charge in [-0.05, 0) is 52.0 Å². The number of thioether (sulfide) groups is 2. The first-order chi connectivity index (χ1) is 20.6. The van der Waals surface area contributed by atoms with E-state index in [2.05, 4.69) is 25.6 Å². The summed E-state index contributed by atoms with van der Waals surface area (Å²) in [5, 5.41) is 33.1. The maximum atomic E-state index is 12.9. The van der Waals surface area contributed by atoms with E-state index in [1.807, 2.05) is 20.8 Å². The Morgan fingerprint density at radius 2 is 1.86 bits per heavy atom. The molecule has 238 valence electrons. The molecule has 15 nitrogen and oxygen atoms in total. The number of aryl methyl sites for hydroxylation is 1. The van der Waals surface area contributed by atoms with Crippen molar-refractivity contribution in [3.05, 3.63) is 41.1 Å². The van der Waals surface area contributed by atoms with E-state index in [1.165, 1.54) is 40.3 Å². The summed E-state index contributed by atoms with van der Waals surface area (Å²) in [5.74, 6) is -3.17. The van der Waals surface area contributed by atoms with Crippen molar-refractivity contribution in [2.75, 3.05) is 11.5 Å². The largest absolute Gasteiger partial charge is 0.480 e. The molecule has 1 aromatic carbocycles. The Bertz CT molecular complexity index is 1580. The van der Waals surface area contributed by atoms with Crippen LogP contribution in [0.1, 0.15) is 45.6 Å². The number of carboxylic acids is 2. The molecule has 4 N–H and O–H groups in total. The summed E-state index contributed by atoms with van der Waals surface area (Å²) >= 11 is 2.56. The lowest BCUT2D eigenvalue weighted by Gasteiger charge is -2.49. The number of carbonyl (C=O) groups excluding carboxylic acids is 2. The van der Waals surface area contributed by atoms with E-state index in [0.29, 0.717) is 16.5 Å². The van der Waals surface area contributed by atoms with Gasteiger partial charge in [-0.15, -0.1) is 16.9 Å². The Balaban J connectivity index is 1.30. The Labute approximate surface area is 262 Å². The van der Waals surface area contributed by atoms with Crippen LogP contribution in [0, 0.1) is 0 Å². The Kier molecular flexibility index (Phi) is 10.1. The number of hydrogen-bond donors (Lipinski definition) is 4. The highest BCUT2D eigenvalue weighted by molar-refractivity contribution is 8.01. The van der Waals surface area contributed by atoms with Gasteiger partial charge in [0.15, 0.2) is 0 Å². The number of sulfonamides is 1. The van der Waals surface area contributed by atoms with Crippen LogP contribution in [0.4, 0.5) is 0 Å². The molecule has 0 bridgehead atoms. The highest BCUT2D eigenvalue weighted by atomic mass is 32.2. The highest BCUT2D eigenvalue weighted by Gasteiger charge is 2.54. The number of tetrazole rings is 1. The number of fused-ring (bicyclic) bond motifs is 1. The van der Waals surface area contributed by atoms with E-state index in [1.54, 1.807) is 19.2 Å². The van der Waals surface area contributed by atoms with Gasteiger partial charge in [0.1, 0.15) is 23.2 Å². The number of amides is 2. The second-order valence-corrected chi connectivity index (χ2v) is 15.0. The molecule has 1 saturated heterocycles. The number of nitrogens with zero attached hydrogens (tertiary/aromatic N) is 5. The molecule has 3 atom stereocenters. The monoisotopic (exact) mass is 667 g/mol. The van der Waals surface area contributed by atoms with Crippen molar-refractivity contribution in [1.29, 1.82) is 0 Å². The van der Waals surface area contributed by atoms with Gasteiger partial charge in [0, 0.05) is 25.0 Å². The summed E-state index contributed by atoms with van der Waals surface area (Å²) in [6.45, 7) is 5.95. The van der Waals surface area contributed by atoms with Crippen molar-refractivity contribution in [3.63, 3.8) is 0 Å². The molecule has 0 saturated carbocycles. The van der Waals surface area contributed by atoms with Crippen LogP contribution < -0.4 is 10.0 Å². The molecular formula is C26H33N7O8S3. The fourth-order valence-corrected chi connectivity index (χ4v) is 8.18. The minimum Gasteiger partial charge on any atom is -0.480 e. The quantitative estimate of drug-likeness (QED) is 0.173. The highest BCUT2D eigenvalue weighted by Crippen LogP contribution is 2.41. The fourth-order valence-electron chi connectivity index (χ4n) is 4.62. The van der Waals surface area contributed by atoms with Crippen molar-refractivity contribution in [2.24, 2.45) is 7.05 Å². The van der Waals surface area contributed by atoms with Gasteiger partial charge < -0.3 is 15.5 Å². The lowest BCUT2D eigenvalue weighted by Crippen LogP contribution is -2.70. The maximum absolute atomic E-state index is 12.9. The number of carboxylic acid groups (broad SMARTS) is 2. The molecular weight excluding hydrogens is 635 g/mol. The number of hydrogen-bond acceptors (Lipinski definition) is 11. The first kappa shape index (κ1) is 33.4. The second kappa shape index (κ2) is 13.3. The van der Waals surface area contributed by atoms with E-state index in [4.69, 9.17) is 0 Å². The van der Waals surface area contributed by atoms with Crippen LogP contribution in [0.15, 0.2) is 45.6 Å². The van der Waals surface area contributed by atoms with Crippen LogP contribution in [0.2, 0.25) is 0 Å². The van der Waals surface area contributed by atoms with Gasteiger partial charge in [-0.3, -0.25) is 19.3 Å². The number of benzene rings is 1. The lowest BCUT2D eigenvalue weighted by atomic mass is 9.87. The molecule has 1 fully saturated rings. The fraction of sp³-hybridized carbons (Fsp3) is 0.500. The average Bonchev–Trinajstić information content (AvgIpc) is 3.37. The summed E-state index contributed by atoms with van der Waals surface area (Å²) in [4.78, 5) is 50.5. The maximum Gasteiger partial charge on any atom is 0.352 e. The van der Waals surface area contributed by atoms with E-state index >= 15 is 0 Å². The molecule has 2 aromatic rings. The number of nitrogens with one attached hydrogen (secondary N) is 2. The zero-order valence-corrected chi connectivity index (χ0v) is 26.8. The normalized spacial score (nSPS) is 19.3. The van der Waals surface area contributed by atoms with Crippen molar-refractivity contribution in [1.82, 2.24) is 35.1 Å². The summed E-state index contributed by atoms with van der Waals surface area (Å²) in [6.07, 6.45) is -0.309. The van der Waals surface area contributed by atoms with Gasteiger partial charge in [-0.25, -0.2) is 17.9 Å². The molecule has 2 aliphatic heterocycles. The van der Waals surface area contributed by atoms with Gasteiger partial charge in [0.05, 0.1) is 4.90 Å². The first-order valence-electron chi connectivity index (χ1n) is 13.5. The van der Waals surface area contributed by atoms with Gasteiger partial charge in [-0.1, -0.05) is 44.7 Å². The number of rotatable bonds is 13. The first-order valence-corrected chi connectivity index (χ1v) is 17.0. The molecule has 44 heavy (non-hydrogen) atoms. The van der Waals surface area contributed by atoms with Gasteiger partial charge in [0.2, 0.25) is 21.1 Å². The predicted molar refractivity (Wildman–Crippen MR) is 160 cm³/mol. The number of β-lactam (4-membered cyclic amide) rings is 1. The molecule has 1 aromatic heterocycles. The molecule has 0 aliphatic carbocycles. The summed E-state index contributed by atoms with van der Waals surface area (Å²) in [5.41, 5.74) is 1.13. The molecule has 1 unspecified atom stereocenters. The standard InChI is InChI=1S/C26H33N7O8S3/c1-26(2,3)15-8-10-16(11-9-15)44(40,41)29-17(23(36)37)6-5-7-18(34)27-19-21(35)33-20(24(38)39)14(12-42-22(19)33)13-43-25-28-30-31-32(25)4/h8-11,17,19,22,29H,5-7,12-13H2,1-4H3,(H,27,34)(H,36,37)(H,38,39)/t17-,19?,22-/m1/s1. The third-order valence-corrected chi connectivity index (χ3v) is 11.0. The second-order valence-electron chi connectivity index (χ2n) is 11.3. The minimum absolute atomic E-state index is 0.0231. The minimum atomic E-state index is -4.14. The van der Waals surface area contributed by atoms with E-state index in [9.17, 15) is 37.8 Å². The molecule has 2 aliphatic rings. The van der Waals surface area contributed by atoms with Crippen LogP contribution >= 0.6 is 23.5 Å². The number of aromatic nitrogens is 4. The zero-order valence-electron chi connectivity index (χ0n) is 24.4. The smallest absolute Gasteiger partial charge is 0.352 e. The Morgan fingerprint density at radius 1 is 1.18 bits per heavy atom. The van der Waals surface area contributed by atoms with Crippen LogP contribution in [0.5, 0.6) is 0 Å². The Hall–Kier alpha value is -3.48. The summed E-state index contributed by atoms with van der Waals surface area (Å²) < 4.78 is 29.3. The Morgan fingerprint density at radius 3 is 2.43 bits per heavy atom. The lowest BCUT2D eigenvalue weighted by molar-refractivity contribution is -0.150. The van der Waals surface area contributed by atoms with E-state index < -0.39 is 51.2 Å². The third-order valence-electron chi connectivity index (χ3n) is 7.05. The average molecular weight is 668 g/mol. The van der Waals surface area contributed by atoms with Gasteiger partial charge in [0.25, 0.3) is 5.91 Å². The molecule has 0 spiro atoms. The van der Waals surface area contributed by atoms with Crippen molar-refractivity contribution in [3.8, 4) is 0 Å². The summed E-state index contributed by atoms with van der Waals surface area (Å²) in [6, 6.07) is 3.77. The van der Waals surface area contributed by atoms with E-state index in [0.717, 1.165) is 10.5 Å². The number of aliphatic carboxylic acids is 2. The molecule has 0 radical (unpaired) electrons. The van der Waals surface area contributed by atoms with Gasteiger partial charge >= 0.3 is 11.9 Å². The predicted octanol–water partition coefficient (Wildman–Crippen LogP) is 0.940. The van der Waals surface area contributed by atoms with Crippen molar-refractivity contribution >= 4 is 57.3 Å². The molecule has 18 heteroatoms. The molecule has 3 heterocycles. The topological polar surface area (TPSA) is 214 Å². The summed E-state index contributed by atoms with van der Waals surface area (Å²) in [7, 11) is -2.48. The van der Waals surface area contributed by atoms with Crippen LogP contribution in [-0.4, -0.2) is 96.5 Å². The molecule has 2 amide bonds. The zero-order chi connectivity index (χ0) is 32.4. The van der Waals surface area contributed by atoms with E-state index in [-0.39, 0.29) is 41.0 Å². The SMILES string of the molecule is Cn1nnnc1SCC1=C(C(=O)O)N2C(=O)C(NC(=O)CCC[C@@H](NS(=O)(=O)c3ccc(C(C)(C)C)cc3)C(=O)O)[C@H]2SC1.